The summed E-state index contributed by atoms with van der Waals surface area (Å²) < 4.78 is 0. The third-order valence-electron chi connectivity index (χ3n) is 3.91. The number of guanidine groups is 1. The van der Waals surface area contributed by atoms with Crippen molar-refractivity contribution in [2.75, 3.05) is 18.9 Å². The van der Waals surface area contributed by atoms with Gasteiger partial charge in [-0.2, -0.15) is 0 Å². The first-order valence-corrected chi connectivity index (χ1v) is 9.03. The Morgan fingerprint density at radius 3 is 2.36 bits per heavy atom. The van der Waals surface area contributed by atoms with Crippen molar-refractivity contribution in [3.8, 4) is 0 Å². The van der Waals surface area contributed by atoms with E-state index in [0.717, 1.165) is 31.0 Å². The first-order chi connectivity index (χ1) is 11.7. The third kappa shape index (κ3) is 9.75. The smallest absolute Gasteiger partial charge is 0.221 e. The molecule has 25 heavy (non-hydrogen) atoms. The minimum absolute atomic E-state index is 0.0510. The molecule has 5 heteroatoms. The maximum absolute atomic E-state index is 11.0. The lowest BCUT2D eigenvalue weighted by Gasteiger charge is -2.23. The largest absolute Gasteiger partial charge is 0.356 e. The SMILES string of the molecule is CN=C(NCCc1ccc(NC(C)=O)cc1)NC(C)CCC(C)(C)C. The van der Waals surface area contributed by atoms with Crippen molar-refractivity contribution in [1.29, 1.82) is 0 Å². The molecular weight excluding hydrogens is 312 g/mol. The molecule has 1 atom stereocenters. The maximum Gasteiger partial charge on any atom is 0.221 e. The number of anilines is 1. The van der Waals surface area contributed by atoms with Crippen LogP contribution in [0.15, 0.2) is 29.3 Å². The lowest BCUT2D eigenvalue weighted by atomic mass is 9.89. The molecule has 0 aliphatic heterocycles. The fourth-order valence-corrected chi connectivity index (χ4v) is 2.43. The number of carbonyl (C=O) groups excluding carboxylic acids is 1. The van der Waals surface area contributed by atoms with Crippen LogP contribution < -0.4 is 16.0 Å². The summed E-state index contributed by atoms with van der Waals surface area (Å²) >= 11 is 0. The van der Waals surface area contributed by atoms with Gasteiger partial charge < -0.3 is 16.0 Å². The Bertz CT molecular complexity index is 558. The molecule has 0 heterocycles. The van der Waals surface area contributed by atoms with Crippen LogP contribution in [0.5, 0.6) is 0 Å². The van der Waals surface area contributed by atoms with Crippen LogP contribution in [-0.4, -0.2) is 31.5 Å². The van der Waals surface area contributed by atoms with E-state index in [0.29, 0.717) is 11.5 Å². The molecular formula is C20H34N4O. The van der Waals surface area contributed by atoms with E-state index in [1.165, 1.54) is 18.9 Å². The number of hydrogen-bond acceptors (Lipinski definition) is 2. The highest BCUT2D eigenvalue weighted by Gasteiger charge is 2.13. The van der Waals surface area contributed by atoms with Gasteiger partial charge in [-0.15, -0.1) is 0 Å². The minimum Gasteiger partial charge on any atom is -0.356 e. The molecule has 1 unspecified atom stereocenters. The minimum atomic E-state index is -0.0510. The molecule has 0 saturated heterocycles. The van der Waals surface area contributed by atoms with Crippen molar-refractivity contribution in [3.63, 3.8) is 0 Å². The summed E-state index contributed by atoms with van der Waals surface area (Å²) in [7, 11) is 1.80. The second-order valence-electron chi connectivity index (χ2n) is 7.77. The van der Waals surface area contributed by atoms with Crippen molar-refractivity contribution in [1.82, 2.24) is 10.6 Å². The van der Waals surface area contributed by atoms with Gasteiger partial charge in [-0.05, 0) is 49.3 Å². The Kier molecular flexibility index (Phi) is 8.46. The number of hydrogen-bond donors (Lipinski definition) is 3. The van der Waals surface area contributed by atoms with E-state index >= 15 is 0 Å². The van der Waals surface area contributed by atoms with E-state index < -0.39 is 0 Å². The quantitative estimate of drug-likeness (QED) is 0.522. The summed E-state index contributed by atoms with van der Waals surface area (Å²) in [5.74, 6) is 0.793. The molecule has 0 aliphatic carbocycles. The average Bonchev–Trinajstić information content (AvgIpc) is 2.52. The fourth-order valence-electron chi connectivity index (χ4n) is 2.43. The van der Waals surface area contributed by atoms with Gasteiger partial charge in [-0.3, -0.25) is 9.79 Å². The highest BCUT2D eigenvalue weighted by Crippen LogP contribution is 2.21. The number of amides is 1. The van der Waals surface area contributed by atoms with Gasteiger partial charge in [0.1, 0.15) is 0 Å². The summed E-state index contributed by atoms with van der Waals surface area (Å²) in [5, 5.41) is 9.59. The van der Waals surface area contributed by atoms with E-state index in [-0.39, 0.29) is 5.91 Å². The Morgan fingerprint density at radius 1 is 1.20 bits per heavy atom. The predicted octanol–water partition coefficient (Wildman–Crippen LogP) is 3.57. The summed E-state index contributed by atoms with van der Waals surface area (Å²) in [6, 6.07) is 8.32. The lowest BCUT2D eigenvalue weighted by Crippen LogP contribution is -2.43. The summed E-state index contributed by atoms with van der Waals surface area (Å²) in [4.78, 5) is 15.3. The predicted molar refractivity (Wildman–Crippen MR) is 107 cm³/mol. The van der Waals surface area contributed by atoms with Crippen LogP contribution in [0.1, 0.15) is 53.0 Å². The standard InChI is InChI=1S/C20H34N4O/c1-15(11-13-20(3,4)5)23-19(21-6)22-14-12-17-7-9-18(10-8-17)24-16(2)25/h7-10,15H,11-14H2,1-6H3,(H,24,25)(H2,21,22,23). The Balaban J connectivity index is 2.36. The molecule has 0 spiro atoms. The van der Waals surface area contributed by atoms with Crippen molar-refractivity contribution in [3.05, 3.63) is 29.8 Å². The van der Waals surface area contributed by atoms with Gasteiger partial charge in [0, 0.05) is 32.2 Å². The number of carbonyl (C=O) groups is 1. The molecule has 0 radical (unpaired) electrons. The first-order valence-electron chi connectivity index (χ1n) is 9.03. The highest BCUT2D eigenvalue weighted by molar-refractivity contribution is 5.88. The molecule has 1 rings (SSSR count). The summed E-state index contributed by atoms with van der Waals surface area (Å²) in [6.07, 6.45) is 3.20. The average molecular weight is 347 g/mol. The number of nitrogens with zero attached hydrogens (tertiary/aromatic N) is 1. The van der Waals surface area contributed by atoms with Crippen LogP contribution >= 0.6 is 0 Å². The molecule has 5 nitrogen and oxygen atoms in total. The molecule has 1 aromatic rings. The van der Waals surface area contributed by atoms with Crippen molar-refractivity contribution in [2.24, 2.45) is 10.4 Å². The Labute approximate surface area is 152 Å². The Hall–Kier alpha value is -2.04. The van der Waals surface area contributed by atoms with Crippen molar-refractivity contribution in [2.45, 2.75) is 59.9 Å². The van der Waals surface area contributed by atoms with Crippen LogP contribution in [0.3, 0.4) is 0 Å². The van der Waals surface area contributed by atoms with Crippen molar-refractivity contribution >= 4 is 17.6 Å². The third-order valence-corrected chi connectivity index (χ3v) is 3.91. The van der Waals surface area contributed by atoms with E-state index in [9.17, 15) is 4.79 Å². The highest BCUT2D eigenvalue weighted by atomic mass is 16.1. The van der Waals surface area contributed by atoms with Crippen LogP contribution in [0, 0.1) is 5.41 Å². The van der Waals surface area contributed by atoms with E-state index in [2.05, 4.69) is 48.6 Å². The first kappa shape index (κ1) is 21.0. The molecule has 0 fully saturated rings. The molecule has 140 valence electrons. The van der Waals surface area contributed by atoms with Gasteiger partial charge in [-0.25, -0.2) is 0 Å². The van der Waals surface area contributed by atoms with Gasteiger partial charge in [0.15, 0.2) is 5.96 Å². The van der Waals surface area contributed by atoms with Gasteiger partial charge in [0.2, 0.25) is 5.91 Å². The Morgan fingerprint density at radius 2 is 1.84 bits per heavy atom. The topological polar surface area (TPSA) is 65.5 Å². The molecule has 0 aromatic heterocycles. The van der Waals surface area contributed by atoms with Crippen molar-refractivity contribution < 1.29 is 4.79 Å². The normalized spacial score (nSPS) is 13.3. The van der Waals surface area contributed by atoms with Gasteiger partial charge in [0.25, 0.3) is 0 Å². The van der Waals surface area contributed by atoms with E-state index in [1.54, 1.807) is 7.05 Å². The fraction of sp³-hybridized carbons (Fsp3) is 0.600. The van der Waals surface area contributed by atoms with Crippen LogP contribution in [-0.2, 0) is 11.2 Å². The van der Waals surface area contributed by atoms with Gasteiger partial charge in [0.05, 0.1) is 0 Å². The second kappa shape index (κ2) is 10.1. The zero-order chi connectivity index (χ0) is 18.9. The second-order valence-corrected chi connectivity index (χ2v) is 7.77. The molecule has 1 amide bonds. The zero-order valence-corrected chi connectivity index (χ0v) is 16.6. The lowest BCUT2D eigenvalue weighted by molar-refractivity contribution is -0.114. The van der Waals surface area contributed by atoms with Gasteiger partial charge in [-0.1, -0.05) is 32.9 Å². The van der Waals surface area contributed by atoms with Crippen LogP contribution in [0.25, 0.3) is 0 Å². The molecule has 0 aliphatic rings. The van der Waals surface area contributed by atoms with Crippen LogP contribution in [0.4, 0.5) is 5.69 Å². The van der Waals surface area contributed by atoms with Gasteiger partial charge >= 0.3 is 0 Å². The molecule has 3 N–H and O–H groups in total. The number of rotatable bonds is 7. The maximum atomic E-state index is 11.0. The molecule has 1 aromatic carbocycles. The molecule has 0 saturated carbocycles. The van der Waals surface area contributed by atoms with Crippen LogP contribution in [0.2, 0.25) is 0 Å². The molecule has 0 bridgehead atoms. The number of nitrogens with one attached hydrogen (secondary N) is 3. The monoisotopic (exact) mass is 346 g/mol. The van der Waals surface area contributed by atoms with E-state index in [4.69, 9.17) is 0 Å². The summed E-state index contributed by atoms with van der Waals surface area (Å²) in [5.41, 5.74) is 2.41. The summed E-state index contributed by atoms with van der Waals surface area (Å²) in [6.45, 7) is 11.3. The van der Waals surface area contributed by atoms with E-state index in [1.807, 2.05) is 24.3 Å². The number of benzene rings is 1. The zero-order valence-electron chi connectivity index (χ0n) is 16.6. The number of aliphatic imine (C=N–C) groups is 1.